The van der Waals surface area contributed by atoms with Crippen LogP contribution in [0, 0.1) is 5.92 Å². The Balaban J connectivity index is 2.78. The van der Waals surface area contributed by atoms with E-state index in [0.717, 1.165) is 12.8 Å². The molecule has 0 bridgehead atoms. The molecule has 100 valence electrons. The van der Waals surface area contributed by atoms with E-state index in [1.807, 2.05) is 6.92 Å². The maximum atomic E-state index is 12.0. The van der Waals surface area contributed by atoms with E-state index in [9.17, 15) is 9.59 Å². The van der Waals surface area contributed by atoms with E-state index in [0.29, 0.717) is 18.9 Å². The van der Waals surface area contributed by atoms with Crippen LogP contribution in [0.3, 0.4) is 0 Å². The van der Waals surface area contributed by atoms with Crippen LogP contribution >= 0.6 is 0 Å². The number of nitrogens with zero attached hydrogens (tertiary/aromatic N) is 1. The number of unbranched alkanes of at least 4 members (excludes halogenated alkanes) is 1. The van der Waals surface area contributed by atoms with Crippen molar-refractivity contribution in [2.45, 2.75) is 40.2 Å². The zero-order valence-corrected chi connectivity index (χ0v) is 11.3. The summed E-state index contributed by atoms with van der Waals surface area (Å²) in [6.45, 7) is 6.38. The van der Waals surface area contributed by atoms with Gasteiger partial charge in [0.25, 0.3) is 5.56 Å². The third-order valence-corrected chi connectivity index (χ3v) is 2.91. The molecule has 4 heteroatoms. The third kappa shape index (κ3) is 4.02. The fourth-order valence-corrected chi connectivity index (χ4v) is 1.52. The summed E-state index contributed by atoms with van der Waals surface area (Å²) >= 11 is 0. The number of pyridine rings is 1. The molecule has 1 aromatic rings. The quantitative estimate of drug-likeness (QED) is 0.698. The Bertz CT molecular complexity index is 451. The van der Waals surface area contributed by atoms with Crippen molar-refractivity contribution in [3.63, 3.8) is 0 Å². The molecular formula is C14H21NO3. The number of ether oxygens (including phenoxy) is 1. The average Bonchev–Trinajstić information content (AvgIpc) is 2.33. The van der Waals surface area contributed by atoms with Crippen molar-refractivity contribution in [3.05, 3.63) is 28.7 Å². The average molecular weight is 251 g/mol. The predicted octanol–water partition coefficient (Wildman–Crippen LogP) is 2.25. The van der Waals surface area contributed by atoms with Crippen LogP contribution in [-0.2, 0) is 11.3 Å². The number of aromatic nitrogens is 1. The van der Waals surface area contributed by atoms with Gasteiger partial charge in [0.05, 0.1) is 6.61 Å². The number of carbonyl (C=O) groups is 1. The van der Waals surface area contributed by atoms with Crippen LogP contribution < -0.4 is 10.3 Å². The molecule has 0 saturated heterocycles. The number of hydrogen-bond acceptors (Lipinski definition) is 3. The highest BCUT2D eigenvalue weighted by molar-refractivity contribution is 5.77. The fourth-order valence-electron chi connectivity index (χ4n) is 1.52. The summed E-state index contributed by atoms with van der Waals surface area (Å²) in [4.78, 5) is 23.3. The monoisotopic (exact) mass is 251 g/mol. The Morgan fingerprint density at radius 3 is 2.83 bits per heavy atom. The minimum absolute atomic E-state index is 0.0826. The molecule has 1 unspecified atom stereocenters. The number of carbonyl (C=O) groups excluding carboxylic acids is 1. The van der Waals surface area contributed by atoms with Gasteiger partial charge in [0.15, 0.2) is 5.75 Å². The van der Waals surface area contributed by atoms with Gasteiger partial charge in [0.1, 0.15) is 5.78 Å². The zero-order valence-electron chi connectivity index (χ0n) is 11.3. The van der Waals surface area contributed by atoms with Gasteiger partial charge in [-0.05, 0) is 25.5 Å². The van der Waals surface area contributed by atoms with Gasteiger partial charge in [-0.2, -0.15) is 0 Å². The normalized spacial score (nSPS) is 12.2. The molecule has 0 aliphatic heterocycles. The lowest BCUT2D eigenvalue weighted by Gasteiger charge is -2.12. The van der Waals surface area contributed by atoms with Gasteiger partial charge in [-0.1, -0.05) is 20.3 Å². The third-order valence-electron chi connectivity index (χ3n) is 2.91. The van der Waals surface area contributed by atoms with Crippen LogP contribution in [0.5, 0.6) is 5.75 Å². The molecule has 0 aliphatic rings. The topological polar surface area (TPSA) is 48.3 Å². The van der Waals surface area contributed by atoms with Gasteiger partial charge in [0.2, 0.25) is 0 Å². The van der Waals surface area contributed by atoms with E-state index >= 15 is 0 Å². The fraction of sp³-hybridized carbons (Fsp3) is 0.571. The first-order valence-corrected chi connectivity index (χ1v) is 6.39. The Hall–Kier alpha value is -1.58. The molecule has 1 atom stereocenters. The van der Waals surface area contributed by atoms with E-state index in [-0.39, 0.29) is 17.3 Å². The molecule has 0 N–H and O–H groups in total. The van der Waals surface area contributed by atoms with E-state index in [2.05, 4.69) is 6.92 Å². The molecule has 0 saturated carbocycles. The minimum atomic E-state index is -0.165. The summed E-state index contributed by atoms with van der Waals surface area (Å²) in [5.41, 5.74) is -0.165. The molecule has 1 aromatic heterocycles. The molecule has 0 aromatic carbocycles. The lowest BCUT2D eigenvalue weighted by atomic mass is 10.1. The Kier molecular flexibility index (Phi) is 5.62. The van der Waals surface area contributed by atoms with Gasteiger partial charge >= 0.3 is 0 Å². The van der Waals surface area contributed by atoms with Gasteiger partial charge in [-0.15, -0.1) is 0 Å². The van der Waals surface area contributed by atoms with E-state index in [1.54, 1.807) is 18.3 Å². The van der Waals surface area contributed by atoms with Crippen LogP contribution in [0.1, 0.15) is 33.6 Å². The van der Waals surface area contributed by atoms with Gasteiger partial charge in [-0.25, -0.2) is 0 Å². The van der Waals surface area contributed by atoms with Crippen molar-refractivity contribution in [2.75, 3.05) is 6.61 Å². The van der Waals surface area contributed by atoms with Gasteiger partial charge in [-0.3, -0.25) is 9.59 Å². The summed E-state index contributed by atoms with van der Waals surface area (Å²) < 4.78 is 6.98. The van der Waals surface area contributed by atoms with Gasteiger partial charge in [0, 0.05) is 18.7 Å². The highest BCUT2D eigenvalue weighted by Crippen LogP contribution is 2.06. The number of hydrogen-bond donors (Lipinski definition) is 0. The van der Waals surface area contributed by atoms with E-state index in [4.69, 9.17) is 4.74 Å². The number of ketones is 1. The Morgan fingerprint density at radius 2 is 2.22 bits per heavy atom. The second-order valence-corrected chi connectivity index (χ2v) is 4.54. The standard InChI is InChI=1S/C14H21NO3/c1-4-5-9-18-13-7-6-8-15(14(13)17)10-11(2)12(3)16/h6-8,11H,4-5,9-10H2,1-3H3. The number of Topliss-reactive ketones (excluding diaryl/α,β-unsaturated/α-hetero) is 1. The van der Waals surface area contributed by atoms with Crippen molar-refractivity contribution in [3.8, 4) is 5.75 Å². The van der Waals surface area contributed by atoms with Crippen LogP contribution in [0.25, 0.3) is 0 Å². The molecule has 1 rings (SSSR count). The summed E-state index contributed by atoms with van der Waals surface area (Å²) in [5, 5.41) is 0. The highest BCUT2D eigenvalue weighted by atomic mass is 16.5. The van der Waals surface area contributed by atoms with Crippen molar-refractivity contribution >= 4 is 5.78 Å². The van der Waals surface area contributed by atoms with Crippen LogP contribution in [0.4, 0.5) is 0 Å². The lowest BCUT2D eigenvalue weighted by Crippen LogP contribution is -2.26. The number of rotatable bonds is 7. The van der Waals surface area contributed by atoms with Crippen LogP contribution in [-0.4, -0.2) is 17.0 Å². The second-order valence-electron chi connectivity index (χ2n) is 4.54. The first kappa shape index (κ1) is 14.5. The lowest BCUT2D eigenvalue weighted by molar-refractivity contribution is -0.120. The summed E-state index contributed by atoms with van der Waals surface area (Å²) in [7, 11) is 0. The largest absolute Gasteiger partial charge is 0.488 e. The molecular weight excluding hydrogens is 230 g/mol. The first-order valence-electron chi connectivity index (χ1n) is 6.39. The summed E-state index contributed by atoms with van der Waals surface area (Å²) in [5.74, 6) is 0.287. The van der Waals surface area contributed by atoms with Crippen molar-refractivity contribution < 1.29 is 9.53 Å². The molecule has 0 fully saturated rings. The van der Waals surface area contributed by atoms with E-state index in [1.165, 1.54) is 11.5 Å². The summed E-state index contributed by atoms with van der Waals surface area (Å²) in [6.07, 6.45) is 3.65. The first-order chi connectivity index (χ1) is 8.56. The summed E-state index contributed by atoms with van der Waals surface area (Å²) in [6, 6.07) is 3.45. The molecule has 4 nitrogen and oxygen atoms in total. The van der Waals surface area contributed by atoms with Crippen molar-refractivity contribution in [1.29, 1.82) is 0 Å². The highest BCUT2D eigenvalue weighted by Gasteiger charge is 2.11. The van der Waals surface area contributed by atoms with Crippen molar-refractivity contribution in [2.24, 2.45) is 5.92 Å². The zero-order chi connectivity index (χ0) is 13.5. The minimum Gasteiger partial charge on any atom is -0.488 e. The molecule has 1 heterocycles. The van der Waals surface area contributed by atoms with Crippen LogP contribution in [0.15, 0.2) is 23.1 Å². The molecule has 0 radical (unpaired) electrons. The van der Waals surface area contributed by atoms with Gasteiger partial charge < -0.3 is 9.30 Å². The van der Waals surface area contributed by atoms with E-state index < -0.39 is 0 Å². The molecule has 18 heavy (non-hydrogen) atoms. The SMILES string of the molecule is CCCCOc1cccn(CC(C)C(C)=O)c1=O. The molecule has 0 amide bonds. The Labute approximate surface area is 108 Å². The van der Waals surface area contributed by atoms with Crippen molar-refractivity contribution in [1.82, 2.24) is 4.57 Å². The smallest absolute Gasteiger partial charge is 0.292 e. The molecule has 0 spiro atoms. The maximum absolute atomic E-state index is 12.0. The second kappa shape index (κ2) is 6.99. The maximum Gasteiger partial charge on any atom is 0.292 e. The predicted molar refractivity (Wildman–Crippen MR) is 71.0 cm³/mol. The molecule has 0 aliphatic carbocycles. The Morgan fingerprint density at radius 1 is 1.50 bits per heavy atom. The van der Waals surface area contributed by atoms with Crippen LogP contribution in [0.2, 0.25) is 0 Å².